The minimum Gasteiger partial charge on any atom is -0.416 e. The number of anilines is 1. The second kappa shape index (κ2) is 9.46. The number of aryl methyl sites for hydroxylation is 2. The van der Waals surface area contributed by atoms with Gasteiger partial charge in [-0.1, -0.05) is 42.5 Å². The SMILES string of the molecule is Cc1ccc(C)c(NC(=O)C(Sc2nnc(CC3CCS(=O)(=O)C3)o2)c2ccccc2)c1. The second-order valence-corrected chi connectivity index (χ2v) is 11.4. The monoisotopic (exact) mass is 471 g/mol. The van der Waals surface area contributed by atoms with Gasteiger partial charge in [-0.15, -0.1) is 10.2 Å². The summed E-state index contributed by atoms with van der Waals surface area (Å²) in [5.41, 5.74) is 3.63. The van der Waals surface area contributed by atoms with Gasteiger partial charge in [-0.25, -0.2) is 8.42 Å². The molecular weight excluding hydrogens is 446 g/mol. The molecule has 1 aliphatic rings. The van der Waals surface area contributed by atoms with Crippen molar-refractivity contribution in [2.75, 3.05) is 16.8 Å². The van der Waals surface area contributed by atoms with Crippen LogP contribution in [0.15, 0.2) is 58.2 Å². The molecule has 1 saturated heterocycles. The Labute approximate surface area is 191 Å². The molecule has 2 unspecified atom stereocenters. The third-order valence-electron chi connectivity index (χ3n) is 5.45. The maximum absolute atomic E-state index is 13.2. The average Bonchev–Trinajstić information content (AvgIpc) is 3.34. The van der Waals surface area contributed by atoms with E-state index in [0.29, 0.717) is 18.7 Å². The molecule has 2 atom stereocenters. The summed E-state index contributed by atoms with van der Waals surface area (Å²) < 4.78 is 29.2. The highest BCUT2D eigenvalue weighted by Crippen LogP contribution is 2.36. The molecule has 1 N–H and O–H groups in total. The number of amides is 1. The van der Waals surface area contributed by atoms with Crippen LogP contribution < -0.4 is 5.32 Å². The number of nitrogens with zero attached hydrogens (tertiary/aromatic N) is 2. The first kappa shape index (κ1) is 22.5. The number of benzene rings is 2. The number of aromatic nitrogens is 2. The summed E-state index contributed by atoms with van der Waals surface area (Å²) >= 11 is 1.19. The third-order valence-corrected chi connectivity index (χ3v) is 8.37. The fraction of sp³-hybridized carbons (Fsp3) is 0.348. The fourth-order valence-electron chi connectivity index (χ4n) is 3.72. The van der Waals surface area contributed by atoms with E-state index >= 15 is 0 Å². The van der Waals surface area contributed by atoms with E-state index in [4.69, 9.17) is 4.42 Å². The summed E-state index contributed by atoms with van der Waals surface area (Å²) in [4.78, 5) is 13.2. The molecule has 1 aromatic heterocycles. The Kier molecular flexibility index (Phi) is 6.66. The molecule has 3 aromatic rings. The van der Waals surface area contributed by atoms with Crippen LogP contribution in [0, 0.1) is 19.8 Å². The average molecular weight is 472 g/mol. The lowest BCUT2D eigenvalue weighted by Gasteiger charge is -2.16. The van der Waals surface area contributed by atoms with Gasteiger partial charge in [-0.2, -0.15) is 0 Å². The molecule has 0 aliphatic carbocycles. The molecule has 0 spiro atoms. The van der Waals surface area contributed by atoms with Crippen molar-refractivity contribution in [2.45, 2.75) is 37.2 Å². The summed E-state index contributed by atoms with van der Waals surface area (Å²) in [6.07, 6.45) is 1.04. The van der Waals surface area contributed by atoms with Crippen molar-refractivity contribution in [3.05, 3.63) is 71.1 Å². The van der Waals surface area contributed by atoms with Crippen LogP contribution in [0.4, 0.5) is 5.69 Å². The van der Waals surface area contributed by atoms with Crippen LogP contribution in [0.2, 0.25) is 0 Å². The van der Waals surface area contributed by atoms with E-state index in [0.717, 1.165) is 22.4 Å². The van der Waals surface area contributed by atoms with Gasteiger partial charge in [-0.3, -0.25) is 4.79 Å². The molecule has 0 radical (unpaired) electrons. The summed E-state index contributed by atoms with van der Waals surface area (Å²) in [5.74, 6) is 0.578. The number of thioether (sulfide) groups is 1. The van der Waals surface area contributed by atoms with E-state index in [2.05, 4.69) is 15.5 Å². The summed E-state index contributed by atoms with van der Waals surface area (Å²) in [6, 6.07) is 15.4. The molecule has 1 amide bonds. The zero-order valence-corrected chi connectivity index (χ0v) is 19.6. The van der Waals surface area contributed by atoms with Gasteiger partial charge in [0.2, 0.25) is 11.8 Å². The molecule has 4 rings (SSSR count). The molecule has 1 aliphatic heterocycles. The fourth-order valence-corrected chi connectivity index (χ4v) is 6.47. The molecule has 7 nitrogen and oxygen atoms in total. The quantitative estimate of drug-likeness (QED) is 0.517. The zero-order chi connectivity index (χ0) is 22.7. The van der Waals surface area contributed by atoms with Gasteiger partial charge in [0, 0.05) is 12.1 Å². The summed E-state index contributed by atoms with van der Waals surface area (Å²) in [7, 11) is -2.96. The Morgan fingerprint density at radius 3 is 2.69 bits per heavy atom. The van der Waals surface area contributed by atoms with Gasteiger partial charge in [0.25, 0.3) is 5.22 Å². The van der Waals surface area contributed by atoms with E-state index in [1.54, 1.807) is 0 Å². The predicted molar refractivity (Wildman–Crippen MR) is 124 cm³/mol. The van der Waals surface area contributed by atoms with Gasteiger partial charge < -0.3 is 9.73 Å². The van der Waals surface area contributed by atoms with Gasteiger partial charge in [-0.05, 0) is 60.7 Å². The normalized spacial score (nSPS) is 18.4. The van der Waals surface area contributed by atoms with Crippen LogP contribution in [-0.2, 0) is 21.1 Å². The van der Waals surface area contributed by atoms with Crippen molar-refractivity contribution in [1.29, 1.82) is 0 Å². The van der Waals surface area contributed by atoms with E-state index in [1.807, 2.05) is 62.4 Å². The minimum atomic E-state index is -2.96. The maximum atomic E-state index is 13.2. The van der Waals surface area contributed by atoms with Crippen LogP contribution in [0.5, 0.6) is 0 Å². The van der Waals surface area contributed by atoms with Crippen molar-refractivity contribution in [3.63, 3.8) is 0 Å². The molecule has 0 bridgehead atoms. The number of nitrogens with one attached hydrogen (secondary N) is 1. The number of hydrogen-bond donors (Lipinski definition) is 1. The molecule has 168 valence electrons. The number of sulfone groups is 1. The van der Waals surface area contributed by atoms with Crippen molar-refractivity contribution < 1.29 is 17.6 Å². The standard InChI is InChI=1S/C23H25N3O4S2/c1-15-8-9-16(2)19(12-15)24-22(27)21(18-6-4-3-5-7-18)31-23-26-25-20(30-23)13-17-10-11-32(28,29)14-17/h3-9,12,17,21H,10-11,13-14H2,1-2H3,(H,24,27). The first-order valence-corrected chi connectivity index (χ1v) is 13.1. The molecular formula is C23H25N3O4S2. The first-order valence-electron chi connectivity index (χ1n) is 10.4. The van der Waals surface area contributed by atoms with Crippen LogP contribution in [0.3, 0.4) is 0 Å². The van der Waals surface area contributed by atoms with E-state index in [1.165, 1.54) is 11.8 Å². The Bertz CT molecular complexity index is 1210. The van der Waals surface area contributed by atoms with Crippen molar-refractivity contribution in [3.8, 4) is 0 Å². The van der Waals surface area contributed by atoms with E-state index < -0.39 is 15.1 Å². The molecule has 32 heavy (non-hydrogen) atoms. The Morgan fingerprint density at radius 2 is 1.97 bits per heavy atom. The van der Waals surface area contributed by atoms with Crippen LogP contribution in [0.25, 0.3) is 0 Å². The highest BCUT2D eigenvalue weighted by molar-refractivity contribution is 8.00. The number of rotatable bonds is 7. The lowest BCUT2D eigenvalue weighted by Crippen LogP contribution is -2.19. The van der Waals surface area contributed by atoms with Crippen LogP contribution in [-0.4, -0.2) is 36.0 Å². The third kappa shape index (κ3) is 5.58. The Morgan fingerprint density at radius 1 is 1.19 bits per heavy atom. The Hall–Kier alpha value is -2.65. The van der Waals surface area contributed by atoms with Crippen LogP contribution >= 0.6 is 11.8 Å². The van der Waals surface area contributed by atoms with Crippen molar-refractivity contribution >= 4 is 33.2 Å². The second-order valence-electron chi connectivity index (χ2n) is 8.15. The van der Waals surface area contributed by atoms with E-state index in [9.17, 15) is 13.2 Å². The van der Waals surface area contributed by atoms with Gasteiger partial charge in [0.15, 0.2) is 9.84 Å². The topological polar surface area (TPSA) is 102 Å². The summed E-state index contributed by atoms with van der Waals surface area (Å²) in [6.45, 7) is 3.93. The van der Waals surface area contributed by atoms with Crippen molar-refractivity contribution in [2.24, 2.45) is 5.92 Å². The smallest absolute Gasteiger partial charge is 0.277 e. The molecule has 0 saturated carbocycles. The Balaban J connectivity index is 1.51. The molecule has 1 fully saturated rings. The zero-order valence-electron chi connectivity index (χ0n) is 17.9. The lowest BCUT2D eigenvalue weighted by atomic mass is 10.1. The van der Waals surface area contributed by atoms with Gasteiger partial charge >= 0.3 is 0 Å². The minimum absolute atomic E-state index is 0.00388. The number of hydrogen-bond acceptors (Lipinski definition) is 7. The number of carbonyl (C=O) groups excluding carboxylic acids is 1. The highest BCUT2D eigenvalue weighted by atomic mass is 32.2. The lowest BCUT2D eigenvalue weighted by molar-refractivity contribution is -0.115. The van der Waals surface area contributed by atoms with Gasteiger partial charge in [0.05, 0.1) is 11.5 Å². The van der Waals surface area contributed by atoms with E-state index in [-0.39, 0.29) is 28.6 Å². The number of carbonyl (C=O) groups is 1. The van der Waals surface area contributed by atoms with Crippen LogP contribution in [0.1, 0.15) is 34.3 Å². The maximum Gasteiger partial charge on any atom is 0.277 e. The highest BCUT2D eigenvalue weighted by Gasteiger charge is 2.30. The summed E-state index contributed by atoms with van der Waals surface area (Å²) in [5, 5.41) is 10.9. The van der Waals surface area contributed by atoms with Gasteiger partial charge in [0.1, 0.15) is 5.25 Å². The van der Waals surface area contributed by atoms with Crippen molar-refractivity contribution in [1.82, 2.24) is 10.2 Å². The first-order chi connectivity index (χ1) is 15.3. The predicted octanol–water partition coefficient (Wildman–Crippen LogP) is 4.14. The largest absolute Gasteiger partial charge is 0.416 e. The molecule has 9 heteroatoms. The molecule has 2 aromatic carbocycles. The molecule has 2 heterocycles.